The van der Waals surface area contributed by atoms with E-state index in [9.17, 15) is 34.8 Å². The van der Waals surface area contributed by atoms with Gasteiger partial charge in [-0.2, -0.15) is 17.5 Å². The van der Waals surface area contributed by atoms with Gasteiger partial charge in [0.2, 0.25) is 10.0 Å². The molecule has 2 heterocycles. The highest BCUT2D eigenvalue weighted by Gasteiger charge is 2.56. The summed E-state index contributed by atoms with van der Waals surface area (Å²) in [5, 5.41) is 9.12. The summed E-state index contributed by atoms with van der Waals surface area (Å²) in [6, 6.07) is 5.70. The van der Waals surface area contributed by atoms with Crippen LogP contribution in [0.3, 0.4) is 0 Å². The van der Waals surface area contributed by atoms with Gasteiger partial charge in [0.15, 0.2) is 4.75 Å². The summed E-state index contributed by atoms with van der Waals surface area (Å²) in [4.78, 5) is 14.2. The standard InChI is InChI=1S/C17H22F3N3O6S3/c18-17(19,20)30-14-3-1-13(2-4-14)22-7-9-23(10-8-22)32(28,29)16(15(24)21-25)5-11-31(26,27)12-6-16/h1-4,25H,5-12H2,(H,21,24). The zero-order chi connectivity index (χ0) is 23.8. The first-order chi connectivity index (χ1) is 14.8. The number of anilines is 1. The molecule has 0 unspecified atom stereocenters. The lowest BCUT2D eigenvalue weighted by molar-refractivity contribution is -0.132. The van der Waals surface area contributed by atoms with E-state index in [0.717, 1.165) is 4.31 Å². The second kappa shape index (κ2) is 9.00. The van der Waals surface area contributed by atoms with Crippen LogP contribution in [0.15, 0.2) is 29.2 Å². The molecule has 2 saturated heterocycles. The van der Waals surface area contributed by atoms with Gasteiger partial charge in [0.1, 0.15) is 9.84 Å². The second-order valence-electron chi connectivity index (χ2n) is 7.52. The van der Waals surface area contributed by atoms with Crippen molar-refractivity contribution in [1.82, 2.24) is 9.79 Å². The summed E-state index contributed by atoms with van der Waals surface area (Å²) < 4.78 is 86.7. The molecule has 1 aromatic carbocycles. The van der Waals surface area contributed by atoms with Gasteiger partial charge in [-0.1, -0.05) is 0 Å². The van der Waals surface area contributed by atoms with Crippen molar-refractivity contribution < 1.29 is 40.0 Å². The van der Waals surface area contributed by atoms with E-state index in [1.54, 1.807) is 4.90 Å². The van der Waals surface area contributed by atoms with Crippen LogP contribution in [0.4, 0.5) is 18.9 Å². The Morgan fingerprint density at radius 2 is 1.59 bits per heavy atom. The van der Waals surface area contributed by atoms with Gasteiger partial charge in [0, 0.05) is 36.8 Å². The number of sulfonamides is 1. The Balaban J connectivity index is 1.72. The van der Waals surface area contributed by atoms with E-state index in [1.165, 1.54) is 29.7 Å². The summed E-state index contributed by atoms with van der Waals surface area (Å²) in [6.45, 7) is 0.434. The highest BCUT2D eigenvalue weighted by atomic mass is 32.2. The number of carbonyl (C=O) groups excluding carboxylic acids is 1. The monoisotopic (exact) mass is 517 g/mol. The van der Waals surface area contributed by atoms with Crippen LogP contribution in [0, 0.1) is 0 Å². The van der Waals surface area contributed by atoms with E-state index in [4.69, 9.17) is 5.21 Å². The van der Waals surface area contributed by atoms with Crippen LogP contribution < -0.4 is 10.4 Å². The number of hydrogen-bond donors (Lipinski definition) is 2. The minimum Gasteiger partial charge on any atom is -0.369 e. The zero-order valence-electron chi connectivity index (χ0n) is 16.7. The number of sulfone groups is 1. The predicted molar refractivity (Wildman–Crippen MR) is 112 cm³/mol. The Kier molecular flexibility index (Phi) is 7.06. The van der Waals surface area contributed by atoms with Crippen LogP contribution in [-0.4, -0.2) is 80.2 Å². The van der Waals surface area contributed by atoms with Crippen LogP contribution in [-0.2, 0) is 24.7 Å². The molecule has 15 heteroatoms. The number of thioether (sulfide) groups is 1. The number of rotatable bonds is 5. The minimum absolute atomic E-state index is 0.00536. The first-order valence-electron chi connectivity index (χ1n) is 9.55. The fourth-order valence-electron chi connectivity index (χ4n) is 3.86. The van der Waals surface area contributed by atoms with Crippen molar-refractivity contribution >= 4 is 43.2 Å². The SMILES string of the molecule is O=C(NO)C1(S(=O)(=O)N2CCN(c3ccc(SC(F)(F)F)cc3)CC2)CCS(=O)(=O)CC1. The first kappa shape index (κ1) is 25.1. The third-order valence-electron chi connectivity index (χ3n) is 5.66. The molecule has 1 aromatic rings. The van der Waals surface area contributed by atoms with Gasteiger partial charge in [-0.05, 0) is 48.9 Å². The lowest BCUT2D eigenvalue weighted by Gasteiger charge is -2.41. The van der Waals surface area contributed by atoms with E-state index in [-0.39, 0.29) is 42.8 Å². The molecule has 2 aliphatic heterocycles. The van der Waals surface area contributed by atoms with E-state index in [2.05, 4.69) is 0 Å². The van der Waals surface area contributed by atoms with E-state index < -0.39 is 60.4 Å². The van der Waals surface area contributed by atoms with Gasteiger partial charge < -0.3 is 4.90 Å². The largest absolute Gasteiger partial charge is 0.446 e. The Bertz CT molecular complexity index is 1040. The molecule has 3 rings (SSSR count). The van der Waals surface area contributed by atoms with Crippen LogP contribution in [0.1, 0.15) is 12.8 Å². The fourth-order valence-corrected chi connectivity index (χ4v) is 8.32. The van der Waals surface area contributed by atoms with Gasteiger partial charge in [0.05, 0.1) is 11.5 Å². The third kappa shape index (κ3) is 5.16. The van der Waals surface area contributed by atoms with Crippen LogP contribution in [0.5, 0.6) is 0 Å². The number of halogens is 3. The lowest BCUT2D eigenvalue weighted by atomic mass is 10.0. The Labute approximate surface area is 187 Å². The van der Waals surface area contributed by atoms with E-state index in [0.29, 0.717) is 5.69 Å². The Morgan fingerprint density at radius 1 is 1.06 bits per heavy atom. The number of hydroxylamine groups is 1. The van der Waals surface area contributed by atoms with Crippen molar-refractivity contribution in [3.05, 3.63) is 24.3 Å². The molecule has 0 aliphatic carbocycles. The molecule has 0 bridgehead atoms. The number of nitrogens with zero attached hydrogens (tertiary/aromatic N) is 2. The van der Waals surface area contributed by atoms with Crippen molar-refractivity contribution in [2.24, 2.45) is 0 Å². The molecule has 0 atom stereocenters. The molecule has 1 amide bonds. The molecule has 0 radical (unpaired) electrons. The fraction of sp³-hybridized carbons (Fsp3) is 0.588. The van der Waals surface area contributed by atoms with Crippen LogP contribution in [0.25, 0.3) is 0 Å². The molecular formula is C17H22F3N3O6S3. The van der Waals surface area contributed by atoms with Crippen molar-refractivity contribution in [2.45, 2.75) is 28.0 Å². The van der Waals surface area contributed by atoms with E-state index >= 15 is 0 Å². The number of alkyl halides is 3. The maximum absolute atomic E-state index is 13.3. The molecule has 2 fully saturated rings. The maximum Gasteiger partial charge on any atom is 0.446 e. The summed E-state index contributed by atoms with van der Waals surface area (Å²) in [6.07, 6.45) is -0.911. The summed E-state index contributed by atoms with van der Waals surface area (Å²) in [5.41, 5.74) is -2.39. The number of nitrogens with one attached hydrogen (secondary N) is 1. The van der Waals surface area contributed by atoms with Gasteiger partial charge in [0.25, 0.3) is 5.91 Å². The smallest absolute Gasteiger partial charge is 0.369 e. The molecular weight excluding hydrogens is 495 g/mol. The van der Waals surface area contributed by atoms with Gasteiger partial charge in [-0.15, -0.1) is 0 Å². The first-order valence-corrected chi connectivity index (χ1v) is 13.6. The molecule has 2 N–H and O–H groups in total. The summed E-state index contributed by atoms with van der Waals surface area (Å²) >= 11 is -0.227. The average molecular weight is 518 g/mol. The quantitative estimate of drug-likeness (QED) is 0.339. The van der Waals surface area contributed by atoms with Gasteiger partial charge >= 0.3 is 5.51 Å². The van der Waals surface area contributed by atoms with Crippen molar-refractivity contribution in [1.29, 1.82) is 0 Å². The predicted octanol–water partition coefficient (Wildman–Crippen LogP) is 1.20. The number of piperazine rings is 1. The molecule has 0 saturated carbocycles. The summed E-state index contributed by atoms with van der Waals surface area (Å²) in [5.74, 6) is -2.13. The normalized spacial score (nSPS) is 21.8. The highest BCUT2D eigenvalue weighted by molar-refractivity contribution is 8.00. The molecule has 180 valence electrons. The Morgan fingerprint density at radius 3 is 2.06 bits per heavy atom. The number of hydrogen-bond acceptors (Lipinski definition) is 8. The van der Waals surface area contributed by atoms with Crippen molar-refractivity contribution in [3.63, 3.8) is 0 Å². The molecule has 0 aromatic heterocycles. The number of benzene rings is 1. The summed E-state index contributed by atoms with van der Waals surface area (Å²) in [7, 11) is -7.77. The van der Waals surface area contributed by atoms with E-state index in [1.807, 2.05) is 0 Å². The third-order valence-corrected chi connectivity index (χ3v) is 10.7. The maximum atomic E-state index is 13.3. The van der Waals surface area contributed by atoms with Crippen molar-refractivity contribution in [3.8, 4) is 0 Å². The molecule has 2 aliphatic rings. The van der Waals surface area contributed by atoms with Gasteiger partial charge in [-0.3, -0.25) is 10.0 Å². The minimum atomic E-state index is -4.39. The second-order valence-corrected chi connectivity index (χ2v) is 13.2. The van der Waals surface area contributed by atoms with Crippen molar-refractivity contribution in [2.75, 3.05) is 42.6 Å². The Hall–Kier alpha value is -1.55. The molecule has 0 spiro atoms. The molecule has 32 heavy (non-hydrogen) atoms. The number of amides is 1. The average Bonchev–Trinajstić information content (AvgIpc) is 2.73. The van der Waals surface area contributed by atoms with Crippen LogP contribution >= 0.6 is 11.8 Å². The van der Waals surface area contributed by atoms with Crippen LogP contribution in [0.2, 0.25) is 0 Å². The highest BCUT2D eigenvalue weighted by Crippen LogP contribution is 2.38. The molecule has 9 nitrogen and oxygen atoms in total. The lowest BCUT2D eigenvalue weighted by Crippen LogP contribution is -2.62. The number of carbonyl (C=O) groups is 1. The topological polar surface area (TPSA) is 124 Å². The van der Waals surface area contributed by atoms with Gasteiger partial charge in [-0.25, -0.2) is 22.3 Å². The zero-order valence-corrected chi connectivity index (χ0v) is 19.2.